The molecule has 0 saturated heterocycles. The second-order valence-electron chi connectivity index (χ2n) is 7.41. The molecule has 2 aromatic carbocycles. The molecule has 1 unspecified atom stereocenters. The number of carboxylic acids is 3. The number of aryl methyl sites for hydroxylation is 1. The molecule has 39 heavy (non-hydrogen) atoms. The summed E-state index contributed by atoms with van der Waals surface area (Å²) in [6.45, 7) is 0. The van der Waals surface area contributed by atoms with Gasteiger partial charge in [0.25, 0.3) is 0 Å². The Balaban J connectivity index is 0.000000848. The quantitative estimate of drug-likeness (QED) is 0.138. The van der Waals surface area contributed by atoms with Gasteiger partial charge in [0.2, 0.25) is 0 Å². The number of carboxylic acid groups (broad SMARTS) is 3. The lowest BCUT2D eigenvalue weighted by atomic mass is 9.88. The Morgan fingerprint density at radius 2 is 1.23 bits per heavy atom. The summed E-state index contributed by atoms with van der Waals surface area (Å²) in [6.07, 6.45) is -5.46. The largest absolute Gasteiger partial charge is 0.490 e. The van der Waals surface area contributed by atoms with E-state index in [2.05, 4.69) is 10.2 Å². The molecule has 0 radical (unpaired) electrons. The first kappa shape index (κ1) is 34.4. The number of hydrazone groups is 2. The summed E-state index contributed by atoms with van der Waals surface area (Å²) in [5.74, 6) is 3.97. The highest BCUT2D eigenvalue weighted by molar-refractivity contribution is 5.80. The molecule has 10 nitrogen and oxygen atoms in total. The fourth-order valence-corrected chi connectivity index (χ4v) is 2.83. The van der Waals surface area contributed by atoms with E-state index in [-0.39, 0.29) is 12.3 Å². The van der Waals surface area contributed by atoms with E-state index in [9.17, 15) is 36.2 Å². The summed E-state index contributed by atoms with van der Waals surface area (Å²) in [5.41, 5.74) is 3.87. The van der Waals surface area contributed by atoms with Crippen molar-refractivity contribution in [3.8, 4) is 0 Å². The molecule has 0 saturated carbocycles. The number of aliphatic carboxylic acids is 3. The Kier molecular flexibility index (Phi) is 14.3. The van der Waals surface area contributed by atoms with Gasteiger partial charge in [-0.2, -0.15) is 36.5 Å². The monoisotopic (exact) mass is 566 g/mol. The van der Waals surface area contributed by atoms with Crippen LogP contribution in [0.4, 0.5) is 26.3 Å². The van der Waals surface area contributed by atoms with E-state index in [1.807, 2.05) is 48.5 Å². The van der Waals surface area contributed by atoms with Crippen LogP contribution >= 0.6 is 0 Å². The summed E-state index contributed by atoms with van der Waals surface area (Å²) in [7, 11) is 0. The molecule has 0 heterocycles. The van der Waals surface area contributed by atoms with E-state index in [1.54, 1.807) is 12.4 Å². The van der Waals surface area contributed by atoms with Gasteiger partial charge in [0.1, 0.15) is 0 Å². The van der Waals surface area contributed by atoms with Crippen molar-refractivity contribution in [3.63, 3.8) is 0 Å². The summed E-state index contributed by atoms with van der Waals surface area (Å²) in [6, 6.07) is 15.5. The van der Waals surface area contributed by atoms with Crippen LogP contribution in [0, 0.1) is 0 Å². The molecular weight excluding hydrogens is 542 g/mol. The first-order valence-corrected chi connectivity index (χ1v) is 10.5. The zero-order valence-electron chi connectivity index (χ0n) is 19.9. The number of rotatable bonds is 8. The highest BCUT2D eigenvalue weighted by Gasteiger charge is 2.38. The minimum absolute atomic E-state index is 0.0766. The predicted molar refractivity (Wildman–Crippen MR) is 127 cm³/mol. The molecule has 0 aliphatic carbocycles. The maximum absolute atomic E-state index is 11.3. The lowest BCUT2D eigenvalue weighted by molar-refractivity contribution is -0.193. The number of alkyl halides is 6. The van der Waals surface area contributed by atoms with Crippen LogP contribution in [0.3, 0.4) is 0 Å². The van der Waals surface area contributed by atoms with Crippen LogP contribution in [0.5, 0.6) is 0 Å². The lowest BCUT2D eigenvalue weighted by Crippen LogP contribution is -2.21. The van der Waals surface area contributed by atoms with Gasteiger partial charge in [-0.15, -0.1) is 0 Å². The summed E-state index contributed by atoms with van der Waals surface area (Å²) < 4.78 is 63.5. The minimum Gasteiger partial charge on any atom is -0.481 e. The van der Waals surface area contributed by atoms with Crippen molar-refractivity contribution < 1.29 is 56.0 Å². The second kappa shape index (κ2) is 16.3. The molecule has 1 atom stereocenters. The number of benzene rings is 2. The van der Waals surface area contributed by atoms with E-state index in [4.69, 9.17) is 31.5 Å². The normalized spacial score (nSPS) is 12.2. The van der Waals surface area contributed by atoms with Gasteiger partial charge in [-0.1, -0.05) is 42.5 Å². The maximum atomic E-state index is 11.3. The van der Waals surface area contributed by atoms with Crippen LogP contribution < -0.4 is 11.7 Å². The molecule has 214 valence electrons. The van der Waals surface area contributed by atoms with Crippen molar-refractivity contribution in [2.75, 3.05) is 0 Å². The van der Waals surface area contributed by atoms with Crippen LogP contribution in [-0.4, -0.2) is 58.0 Å². The Bertz CT molecular complexity index is 1130. The van der Waals surface area contributed by atoms with Crippen LogP contribution in [0.25, 0.3) is 0 Å². The number of halogens is 6. The van der Waals surface area contributed by atoms with Crippen LogP contribution in [0.2, 0.25) is 0 Å². The van der Waals surface area contributed by atoms with E-state index < -0.39 is 30.3 Å². The third-order valence-electron chi connectivity index (χ3n) is 4.47. The molecule has 0 bridgehead atoms. The van der Waals surface area contributed by atoms with Gasteiger partial charge in [-0.3, -0.25) is 4.79 Å². The van der Waals surface area contributed by atoms with Crippen LogP contribution in [0.15, 0.2) is 58.7 Å². The van der Waals surface area contributed by atoms with Crippen molar-refractivity contribution in [1.29, 1.82) is 0 Å². The van der Waals surface area contributed by atoms with Gasteiger partial charge in [0.15, 0.2) is 0 Å². The Morgan fingerprint density at radius 1 is 0.795 bits per heavy atom. The van der Waals surface area contributed by atoms with Crippen molar-refractivity contribution in [3.05, 3.63) is 70.8 Å². The zero-order valence-corrected chi connectivity index (χ0v) is 19.9. The van der Waals surface area contributed by atoms with Gasteiger partial charge in [-0.05, 0) is 47.1 Å². The Morgan fingerprint density at radius 3 is 1.64 bits per heavy atom. The fraction of sp³-hybridized carbons (Fsp3) is 0.261. The molecule has 0 fully saturated rings. The summed E-state index contributed by atoms with van der Waals surface area (Å²) >= 11 is 0. The summed E-state index contributed by atoms with van der Waals surface area (Å²) in [5, 5.41) is 30.6. The molecule has 0 spiro atoms. The van der Waals surface area contributed by atoms with Gasteiger partial charge < -0.3 is 27.0 Å². The number of nitrogens with zero attached hydrogens (tertiary/aromatic N) is 2. The topological polar surface area (TPSA) is 189 Å². The molecule has 0 aromatic heterocycles. The van der Waals surface area contributed by atoms with E-state index >= 15 is 0 Å². The Hall–Kier alpha value is -4.63. The highest BCUT2D eigenvalue weighted by Crippen LogP contribution is 2.26. The van der Waals surface area contributed by atoms with Gasteiger partial charge in [0, 0.05) is 0 Å². The van der Waals surface area contributed by atoms with Crippen LogP contribution in [0.1, 0.15) is 41.0 Å². The van der Waals surface area contributed by atoms with E-state index in [1.165, 1.54) is 0 Å². The molecule has 0 aliphatic rings. The minimum atomic E-state index is -5.08. The third kappa shape index (κ3) is 15.3. The van der Waals surface area contributed by atoms with Gasteiger partial charge in [0.05, 0.1) is 18.9 Å². The highest BCUT2D eigenvalue weighted by atomic mass is 19.4. The van der Waals surface area contributed by atoms with Gasteiger partial charge in [-0.25, -0.2) is 9.59 Å². The number of carbonyl (C=O) groups is 3. The summed E-state index contributed by atoms with van der Waals surface area (Å²) in [4.78, 5) is 29.1. The molecule has 0 amide bonds. The third-order valence-corrected chi connectivity index (χ3v) is 4.47. The van der Waals surface area contributed by atoms with E-state index in [0.29, 0.717) is 0 Å². The zero-order chi connectivity index (χ0) is 30.2. The molecule has 16 heteroatoms. The van der Waals surface area contributed by atoms with Gasteiger partial charge >= 0.3 is 30.3 Å². The lowest BCUT2D eigenvalue weighted by Gasteiger charge is -2.16. The first-order chi connectivity index (χ1) is 18.0. The molecule has 7 N–H and O–H groups in total. The average Bonchev–Trinajstić information content (AvgIpc) is 2.82. The van der Waals surface area contributed by atoms with Crippen molar-refractivity contribution in [1.82, 2.24) is 0 Å². The number of hydrogen-bond acceptors (Lipinski definition) is 7. The smallest absolute Gasteiger partial charge is 0.481 e. The number of hydrogen-bond donors (Lipinski definition) is 5. The second-order valence-corrected chi connectivity index (χ2v) is 7.41. The predicted octanol–water partition coefficient (Wildman–Crippen LogP) is 3.73. The van der Waals surface area contributed by atoms with E-state index in [0.717, 1.165) is 35.1 Å². The molecule has 2 aromatic rings. The molecule has 2 rings (SSSR count). The fourth-order valence-electron chi connectivity index (χ4n) is 2.83. The SMILES string of the molecule is NN=Cc1cccc(CCC(CC(=O)O)c2cccc(C=NN)c2)c1.O=C(O)C(F)(F)F.O=C(O)C(F)(F)F. The van der Waals surface area contributed by atoms with Crippen molar-refractivity contribution in [2.24, 2.45) is 21.9 Å². The standard InChI is InChI=1S/C19H22N4O2.2C2HF3O2/c20-22-12-15-4-1-3-14(9-15)7-8-18(11-19(24)25)17-6-2-5-16(10-17)13-23-21;2*3-2(4,5)1(6)7/h1-6,9-10,12-13,18H,7-8,11,20-21H2,(H,24,25);2*(H,6,7). The van der Waals surface area contributed by atoms with Crippen molar-refractivity contribution in [2.45, 2.75) is 37.5 Å². The molecule has 0 aliphatic heterocycles. The average molecular weight is 566 g/mol. The maximum Gasteiger partial charge on any atom is 0.490 e. The first-order valence-electron chi connectivity index (χ1n) is 10.5. The van der Waals surface area contributed by atoms with Crippen molar-refractivity contribution >= 4 is 30.3 Å². The Labute approximate surface area is 217 Å². The number of nitrogens with two attached hydrogens (primary N) is 2. The van der Waals surface area contributed by atoms with Crippen LogP contribution in [-0.2, 0) is 20.8 Å². The molecular formula is C23H24F6N4O6.